The molecule has 0 saturated carbocycles. The molecule has 0 bridgehead atoms. The number of benzene rings is 2. The molecule has 2 rings (SSSR count). The molecule has 0 fully saturated rings. The van der Waals surface area contributed by atoms with Crippen molar-refractivity contribution >= 4 is 23.2 Å². The van der Waals surface area contributed by atoms with E-state index in [1.807, 2.05) is 62.4 Å². The van der Waals surface area contributed by atoms with E-state index in [9.17, 15) is 9.59 Å². The zero-order valence-electron chi connectivity index (χ0n) is 13.7. The van der Waals surface area contributed by atoms with Crippen LogP contribution in [0.5, 0.6) is 0 Å². The summed E-state index contributed by atoms with van der Waals surface area (Å²) in [5.74, 6) is -0.0197. The van der Waals surface area contributed by atoms with Gasteiger partial charge < -0.3 is 10.6 Å². The fourth-order valence-electron chi connectivity index (χ4n) is 2.47. The van der Waals surface area contributed by atoms with E-state index in [0.29, 0.717) is 12.1 Å². The fourth-order valence-corrected chi connectivity index (χ4v) is 2.47. The van der Waals surface area contributed by atoms with Gasteiger partial charge in [-0.25, -0.2) is 0 Å². The Labute approximate surface area is 136 Å². The SMILES string of the molecule is CC(=O)Nc1cccc(NC(=O)CC(C)c2ccccc2)c1C. The predicted molar refractivity (Wildman–Crippen MR) is 93.6 cm³/mol. The van der Waals surface area contributed by atoms with Crippen molar-refractivity contribution in [2.75, 3.05) is 10.6 Å². The Hall–Kier alpha value is -2.62. The van der Waals surface area contributed by atoms with E-state index in [1.54, 1.807) is 0 Å². The van der Waals surface area contributed by atoms with E-state index < -0.39 is 0 Å². The maximum Gasteiger partial charge on any atom is 0.224 e. The summed E-state index contributed by atoms with van der Waals surface area (Å²) < 4.78 is 0. The van der Waals surface area contributed by atoms with Crippen LogP contribution in [0.3, 0.4) is 0 Å². The molecular weight excluding hydrogens is 288 g/mol. The van der Waals surface area contributed by atoms with Gasteiger partial charge in [0.1, 0.15) is 0 Å². The van der Waals surface area contributed by atoms with Gasteiger partial charge >= 0.3 is 0 Å². The van der Waals surface area contributed by atoms with Crippen molar-refractivity contribution in [3.8, 4) is 0 Å². The highest BCUT2D eigenvalue weighted by molar-refractivity contribution is 5.95. The number of carbonyl (C=O) groups excluding carboxylic acids is 2. The van der Waals surface area contributed by atoms with Crippen LogP contribution >= 0.6 is 0 Å². The summed E-state index contributed by atoms with van der Waals surface area (Å²) in [5.41, 5.74) is 3.43. The van der Waals surface area contributed by atoms with Crippen molar-refractivity contribution in [3.63, 3.8) is 0 Å². The number of anilines is 2. The second kappa shape index (κ2) is 7.58. The first-order valence-corrected chi connectivity index (χ1v) is 7.69. The van der Waals surface area contributed by atoms with Crippen LogP contribution in [0, 0.1) is 6.92 Å². The normalized spacial score (nSPS) is 11.6. The van der Waals surface area contributed by atoms with E-state index in [4.69, 9.17) is 0 Å². The molecule has 0 saturated heterocycles. The number of hydrogen-bond donors (Lipinski definition) is 2. The monoisotopic (exact) mass is 310 g/mol. The van der Waals surface area contributed by atoms with E-state index >= 15 is 0 Å². The number of carbonyl (C=O) groups is 2. The van der Waals surface area contributed by atoms with E-state index in [2.05, 4.69) is 10.6 Å². The predicted octanol–water partition coefficient (Wildman–Crippen LogP) is 4.09. The maximum absolute atomic E-state index is 12.3. The summed E-state index contributed by atoms with van der Waals surface area (Å²) in [6.45, 7) is 5.38. The molecule has 4 nitrogen and oxygen atoms in total. The Morgan fingerprint density at radius 1 is 0.957 bits per heavy atom. The number of rotatable bonds is 5. The fraction of sp³-hybridized carbons (Fsp3) is 0.263. The van der Waals surface area contributed by atoms with E-state index in [-0.39, 0.29) is 17.7 Å². The van der Waals surface area contributed by atoms with Gasteiger partial charge in [0.15, 0.2) is 0 Å². The van der Waals surface area contributed by atoms with Gasteiger partial charge in [0.05, 0.1) is 0 Å². The smallest absolute Gasteiger partial charge is 0.224 e. The summed E-state index contributed by atoms with van der Waals surface area (Å²) in [4.78, 5) is 23.5. The van der Waals surface area contributed by atoms with Crippen molar-refractivity contribution in [3.05, 3.63) is 59.7 Å². The quantitative estimate of drug-likeness (QED) is 0.874. The average molecular weight is 310 g/mol. The summed E-state index contributed by atoms with van der Waals surface area (Å²) in [7, 11) is 0. The first-order chi connectivity index (χ1) is 11.0. The third-order valence-corrected chi connectivity index (χ3v) is 3.78. The molecule has 2 aromatic carbocycles. The third kappa shape index (κ3) is 4.68. The van der Waals surface area contributed by atoms with Crippen LogP contribution in [0.1, 0.15) is 37.3 Å². The van der Waals surface area contributed by atoms with Crippen LogP contribution in [0.4, 0.5) is 11.4 Å². The first-order valence-electron chi connectivity index (χ1n) is 7.69. The topological polar surface area (TPSA) is 58.2 Å². The minimum absolute atomic E-state index is 0.0376. The molecule has 1 unspecified atom stereocenters. The van der Waals surface area contributed by atoms with Crippen molar-refractivity contribution in [1.29, 1.82) is 0 Å². The summed E-state index contributed by atoms with van der Waals surface area (Å²) in [5, 5.41) is 5.70. The van der Waals surface area contributed by atoms with Gasteiger partial charge in [-0.15, -0.1) is 0 Å². The first kappa shape index (κ1) is 16.7. The molecule has 0 aliphatic rings. The highest BCUT2D eigenvalue weighted by Gasteiger charge is 2.13. The van der Waals surface area contributed by atoms with Crippen LogP contribution in [-0.2, 0) is 9.59 Å². The molecule has 2 amide bonds. The molecule has 120 valence electrons. The van der Waals surface area contributed by atoms with Crippen molar-refractivity contribution in [2.45, 2.75) is 33.1 Å². The maximum atomic E-state index is 12.3. The molecule has 0 aliphatic heterocycles. The van der Waals surface area contributed by atoms with Gasteiger partial charge in [-0.2, -0.15) is 0 Å². The second-order valence-corrected chi connectivity index (χ2v) is 5.72. The van der Waals surface area contributed by atoms with Crippen molar-refractivity contribution in [2.24, 2.45) is 0 Å². The zero-order valence-corrected chi connectivity index (χ0v) is 13.7. The van der Waals surface area contributed by atoms with Gasteiger partial charge in [0.2, 0.25) is 11.8 Å². The Bertz CT molecular complexity index is 696. The molecular formula is C19H22N2O2. The molecule has 0 radical (unpaired) electrons. The minimum atomic E-state index is -0.130. The van der Waals surface area contributed by atoms with Crippen molar-refractivity contribution in [1.82, 2.24) is 0 Å². The zero-order chi connectivity index (χ0) is 16.8. The Balaban J connectivity index is 2.04. The molecule has 0 heterocycles. The van der Waals surface area contributed by atoms with Crippen LogP contribution in [0.15, 0.2) is 48.5 Å². The van der Waals surface area contributed by atoms with E-state index in [1.165, 1.54) is 6.92 Å². The molecule has 0 aromatic heterocycles. The molecule has 0 spiro atoms. The average Bonchev–Trinajstić information content (AvgIpc) is 2.51. The highest BCUT2D eigenvalue weighted by atomic mass is 16.2. The minimum Gasteiger partial charge on any atom is -0.326 e. The summed E-state index contributed by atoms with van der Waals surface area (Å²) in [6, 6.07) is 15.4. The Morgan fingerprint density at radius 2 is 1.57 bits per heavy atom. The summed E-state index contributed by atoms with van der Waals surface area (Å²) >= 11 is 0. The second-order valence-electron chi connectivity index (χ2n) is 5.72. The van der Waals surface area contributed by atoms with Gasteiger partial charge in [0, 0.05) is 24.7 Å². The molecule has 4 heteroatoms. The molecule has 2 N–H and O–H groups in total. The third-order valence-electron chi connectivity index (χ3n) is 3.78. The number of amides is 2. The lowest BCUT2D eigenvalue weighted by molar-refractivity contribution is -0.116. The van der Waals surface area contributed by atoms with Crippen LogP contribution < -0.4 is 10.6 Å². The van der Waals surface area contributed by atoms with Gasteiger partial charge in [-0.05, 0) is 36.1 Å². The van der Waals surface area contributed by atoms with Crippen molar-refractivity contribution < 1.29 is 9.59 Å². The summed E-state index contributed by atoms with van der Waals surface area (Å²) in [6.07, 6.45) is 0.411. The Morgan fingerprint density at radius 3 is 2.17 bits per heavy atom. The van der Waals surface area contributed by atoms with Crippen LogP contribution in [-0.4, -0.2) is 11.8 Å². The van der Waals surface area contributed by atoms with E-state index in [0.717, 1.165) is 16.8 Å². The van der Waals surface area contributed by atoms with Crippen LogP contribution in [0.2, 0.25) is 0 Å². The molecule has 0 aliphatic carbocycles. The highest BCUT2D eigenvalue weighted by Crippen LogP contribution is 2.25. The van der Waals surface area contributed by atoms with Gasteiger partial charge in [-0.1, -0.05) is 43.3 Å². The lowest BCUT2D eigenvalue weighted by Gasteiger charge is -2.15. The number of hydrogen-bond acceptors (Lipinski definition) is 2. The molecule has 2 aromatic rings. The van der Waals surface area contributed by atoms with Gasteiger partial charge in [-0.3, -0.25) is 9.59 Å². The standard InChI is InChI=1S/C19H22N2O2/c1-13(16-8-5-4-6-9-16)12-19(23)21-18-11-7-10-17(14(18)2)20-15(3)22/h4-11,13H,12H2,1-3H3,(H,20,22)(H,21,23). The van der Waals surface area contributed by atoms with Gasteiger partial charge in [0.25, 0.3) is 0 Å². The largest absolute Gasteiger partial charge is 0.326 e. The molecule has 23 heavy (non-hydrogen) atoms. The Kier molecular flexibility index (Phi) is 5.52. The van der Waals surface area contributed by atoms with Crippen LogP contribution in [0.25, 0.3) is 0 Å². The lowest BCUT2D eigenvalue weighted by atomic mass is 9.97. The number of nitrogens with one attached hydrogen (secondary N) is 2. The lowest BCUT2D eigenvalue weighted by Crippen LogP contribution is -2.16. The molecule has 1 atom stereocenters.